The van der Waals surface area contributed by atoms with Crippen LogP contribution in [0.5, 0.6) is 0 Å². The monoisotopic (exact) mass is 475 g/mol. The number of amides is 1. The molecule has 33 heavy (non-hydrogen) atoms. The van der Waals surface area contributed by atoms with E-state index in [1.54, 1.807) is 11.8 Å². The highest BCUT2D eigenvalue weighted by atomic mass is 19.4. The summed E-state index contributed by atoms with van der Waals surface area (Å²) >= 11 is 0. The van der Waals surface area contributed by atoms with Gasteiger partial charge in [0.15, 0.2) is 6.10 Å². The van der Waals surface area contributed by atoms with Crippen molar-refractivity contribution in [3.05, 3.63) is 41.7 Å². The first kappa shape index (κ1) is 24.6. The largest absolute Gasteiger partial charge is 0.435 e. The van der Waals surface area contributed by atoms with Crippen molar-refractivity contribution in [2.75, 3.05) is 24.5 Å². The van der Waals surface area contributed by atoms with Crippen LogP contribution in [0.25, 0.3) is 5.57 Å². The number of aromatic nitrogens is 1. The van der Waals surface area contributed by atoms with Crippen molar-refractivity contribution < 1.29 is 36.7 Å². The first-order chi connectivity index (χ1) is 15.4. The summed E-state index contributed by atoms with van der Waals surface area (Å²) in [5.41, 5.74) is -1.66. The number of hydrogen-bond acceptors (Lipinski definition) is 7. The molecule has 180 valence electrons. The standard InChI is InChI=1S/C20H22F5N5O3/c1-4-26-18-15(16(17(21)22)33-19(31)28-18)11(3)13-7-12(20(23,24)25)8-14(27-13)29-5-6-30(32)10(2)9-29/h4,7-8,10,16-17,32H,1,5-6,9H2,2-3H3,(H,26,28,31)/b15-11+/t10-,16?/m0/s1. The number of halogens is 5. The summed E-state index contributed by atoms with van der Waals surface area (Å²) in [4.78, 5) is 21.3. The fraction of sp³-hybridized carbons (Fsp3) is 0.450. The minimum Gasteiger partial charge on any atom is -0.435 e. The van der Waals surface area contributed by atoms with Crippen molar-refractivity contribution in [2.24, 2.45) is 4.99 Å². The van der Waals surface area contributed by atoms with Crippen molar-refractivity contribution in [3.63, 3.8) is 0 Å². The average Bonchev–Trinajstić information content (AvgIpc) is 2.74. The van der Waals surface area contributed by atoms with Gasteiger partial charge in [0.2, 0.25) is 0 Å². The summed E-state index contributed by atoms with van der Waals surface area (Å²) < 4.78 is 73.1. The van der Waals surface area contributed by atoms with Crippen LogP contribution in [-0.2, 0) is 10.9 Å². The van der Waals surface area contributed by atoms with E-state index in [9.17, 15) is 32.0 Å². The predicted molar refractivity (Wildman–Crippen MR) is 109 cm³/mol. The summed E-state index contributed by atoms with van der Waals surface area (Å²) in [6.45, 7) is 6.93. The summed E-state index contributed by atoms with van der Waals surface area (Å²) in [5, 5.41) is 13.0. The number of alkyl halides is 5. The number of hydroxylamine groups is 2. The molecular weight excluding hydrogens is 453 g/mol. The quantitative estimate of drug-likeness (QED) is 0.646. The van der Waals surface area contributed by atoms with Crippen LogP contribution in [0.3, 0.4) is 0 Å². The molecule has 2 fully saturated rings. The van der Waals surface area contributed by atoms with Gasteiger partial charge in [0, 0.05) is 37.4 Å². The highest BCUT2D eigenvalue weighted by Gasteiger charge is 2.39. The van der Waals surface area contributed by atoms with E-state index in [0.29, 0.717) is 0 Å². The van der Waals surface area contributed by atoms with Gasteiger partial charge in [-0.3, -0.25) is 5.32 Å². The van der Waals surface area contributed by atoms with Gasteiger partial charge in [-0.1, -0.05) is 6.58 Å². The molecule has 13 heteroatoms. The van der Waals surface area contributed by atoms with Gasteiger partial charge in [0.05, 0.1) is 11.3 Å². The van der Waals surface area contributed by atoms with Crippen LogP contribution in [-0.4, -0.2) is 65.4 Å². The lowest BCUT2D eigenvalue weighted by atomic mass is 9.97. The molecule has 1 aromatic heterocycles. The SMILES string of the molecule is C=CN=C1NC(=O)OC(C(F)F)/C1=C(/C)c1cc(C(F)(F)F)cc(N2CCN(O)[C@@H](C)C2)n1. The van der Waals surface area contributed by atoms with E-state index in [0.717, 1.165) is 23.4 Å². The van der Waals surface area contributed by atoms with E-state index >= 15 is 0 Å². The molecule has 0 bridgehead atoms. The number of pyridine rings is 1. The van der Waals surface area contributed by atoms with Crippen LogP contribution in [0, 0.1) is 0 Å². The van der Waals surface area contributed by atoms with Crippen LogP contribution in [0.4, 0.5) is 32.6 Å². The number of ether oxygens (including phenoxy) is 1. The number of allylic oxidation sites excluding steroid dienone is 1. The minimum absolute atomic E-state index is 0.0312. The van der Waals surface area contributed by atoms with Gasteiger partial charge >= 0.3 is 12.3 Å². The third-order valence-corrected chi connectivity index (χ3v) is 5.29. The fourth-order valence-electron chi connectivity index (χ4n) is 3.59. The Hall–Kier alpha value is -3.06. The van der Waals surface area contributed by atoms with E-state index in [2.05, 4.69) is 26.6 Å². The smallest absolute Gasteiger partial charge is 0.416 e. The average molecular weight is 475 g/mol. The molecule has 0 spiro atoms. The Morgan fingerprint density at radius 1 is 1.39 bits per heavy atom. The van der Waals surface area contributed by atoms with Crippen LogP contribution in [0.1, 0.15) is 25.1 Å². The number of cyclic esters (lactones) is 1. The number of carbonyl (C=O) groups excluding carboxylic acids is 1. The van der Waals surface area contributed by atoms with Gasteiger partial charge in [0.1, 0.15) is 11.7 Å². The summed E-state index contributed by atoms with van der Waals surface area (Å²) in [6, 6.07) is 1.24. The topological polar surface area (TPSA) is 90.3 Å². The third kappa shape index (κ3) is 5.30. The van der Waals surface area contributed by atoms with Crippen molar-refractivity contribution in [1.29, 1.82) is 0 Å². The van der Waals surface area contributed by atoms with E-state index < -0.39 is 30.4 Å². The lowest BCUT2D eigenvalue weighted by Crippen LogP contribution is -2.50. The zero-order valence-corrected chi connectivity index (χ0v) is 17.7. The van der Waals surface area contributed by atoms with Gasteiger partial charge in [0.25, 0.3) is 6.43 Å². The lowest BCUT2D eigenvalue weighted by Gasteiger charge is -2.37. The Morgan fingerprint density at radius 2 is 2.09 bits per heavy atom. The second-order valence-electron chi connectivity index (χ2n) is 7.54. The molecule has 3 rings (SSSR count). The second-order valence-corrected chi connectivity index (χ2v) is 7.54. The molecular formula is C20H22F5N5O3. The normalized spacial score (nSPS) is 25.2. The molecule has 3 heterocycles. The van der Waals surface area contributed by atoms with E-state index in [-0.39, 0.29) is 54.2 Å². The maximum Gasteiger partial charge on any atom is 0.416 e. The van der Waals surface area contributed by atoms with Gasteiger partial charge in [-0.15, -0.1) is 0 Å². The summed E-state index contributed by atoms with van der Waals surface area (Å²) in [7, 11) is 0. The molecule has 2 aliphatic heterocycles. The first-order valence-electron chi connectivity index (χ1n) is 9.88. The van der Waals surface area contributed by atoms with Crippen molar-refractivity contribution in [2.45, 2.75) is 38.6 Å². The summed E-state index contributed by atoms with van der Waals surface area (Å²) in [6.07, 6.45) is -10.1. The highest BCUT2D eigenvalue weighted by molar-refractivity contribution is 6.13. The number of carbonyl (C=O) groups is 1. The predicted octanol–water partition coefficient (Wildman–Crippen LogP) is 3.69. The molecule has 0 aliphatic carbocycles. The Bertz CT molecular complexity index is 995. The van der Waals surface area contributed by atoms with Gasteiger partial charge in [-0.05, 0) is 31.6 Å². The van der Waals surface area contributed by atoms with Crippen molar-refractivity contribution in [1.82, 2.24) is 15.4 Å². The molecule has 2 aliphatic rings. The third-order valence-electron chi connectivity index (χ3n) is 5.29. The number of nitrogens with zero attached hydrogens (tertiary/aromatic N) is 4. The first-order valence-corrected chi connectivity index (χ1v) is 9.88. The molecule has 2 atom stereocenters. The Morgan fingerprint density at radius 3 is 2.67 bits per heavy atom. The number of hydrogen-bond donors (Lipinski definition) is 2. The zero-order chi connectivity index (χ0) is 24.5. The fourth-order valence-corrected chi connectivity index (χ4v) is 3.59. The number of rotatable bonds is 4. The number of anilines is 1. The highest BCUT2D eigenvalue weighted by Crippen LogP contribution is 2.35. The van der Waals surface area contributed by atoms with E-state index in [1.807, 2.05) is 0 Å². The molecule has 0 radical (unpaired) electrons. The van der Waals surface area contributed by atoms with Crippen LogP contribution >= 0.6 is 0 Å². The van der Waals surface area contributed by atoms with E-state index in [1.165, 1.54) is 6.92 Å². The Kier molecular flexibility index (Phi) is 7.03. The number of amidine groups is 1. The molecule has 8 nitrogen and oxygen atoms in total. The van der Waals surface area contributed by atoms with Gasteiger partial charge in [-0.2, -0.15) is 18.2 Å². The lowest BCUT2D eigenvalue weighted by molar-refractivity contribution is -0.137. The molecule has 0 aromatic carbocycles. The van der Waals surface area contributed by atoms with E-state index in [4.69, 9.17) is 0 Å². The van der Waals surface area contributed by atoms with Crippen LogP contribution < -0.4 is 10.2 Å². The van der Waals surface area contributed by atoms with Crippen LogP contribution in [0.15, 0.2) is 35.5 Å². The van der Waals surface area contributed by atoms with Gasteiger partial charge < -0.3 is 14.8 Å². The zero-order valence-electron chi connectivity index (χ0n) is 17.7. The molecule has 2 saturated heterocycles. The molecule has 2 N–H and O–H groups in total. The molecule has 1 aromatic rings. The summed E-state index contributed by atoms with van der Waals surface area (Å²) in [5.74, 6) is -0.344. The minimum atomic E-state index is -4.74. The van der Waals surface area contributed by atoms with Crippen molar-refractivity contribution >= 4 is 23.3 Å². The maximum absolute atomic E-state index is 13.7. The number of aliphatic imine (C=N–C) groups is 1. The number of piperazine rings is 1. The Labute approximate surface area is 186 Å². The second kappa shape index (κ2) is 9.43. The molecule has 1 amide bonds. The Balaban J connectivity index is 2.18. The molecule has 0 saturated carbocycles. The number of alkyl carbamates (subject to hydrolysis) is 1. The van der Waals surface area contributed by atoms with Gasteiger partial charge in [-0.25, -0.2) is 23.6 Å². The van der Waals surface area contributed by atoms with Crippen molar-refractivity contribution in [3.8, 4) is 0 Å². The van der Waals surface area contributed by atoms with Crippen LogP contribution in [0.2, 0.25) is 0 Å². The maximum atomic E-state index is 13.7. The molecule has 1 unspecified atom stereocenters. The number of nitrogens with one attached hydrogen (secondary N) is 1.